The van der Waals surface area contributed by atoms with Crippen LogP contribution in [0.3, 0.4) is 0 Å². The molecule has 0 heterocycles. The van der Waals surface area contributed by atoms with Crippen LogP contribution in [0.25, 0.3) is 0 Å². The van der Waals surface area contributed by atoms with Crippen molar-refractivity contribution in [1.29, 1.82) is 0 Å². The van der Waals surface area contributed by atoms with Gasteiger partial charge in [0, 0.05) is 19.2 Å². The van der Waals surface area contributed by atoms with Gasteiger partial charge in [0.25, 0.3) is 0 Å². The van der Waals surface area contributed by atoms with E-state index in [9.17, 15) is 4.79 Å². The zero-order valence-corrected chi connectivity index (χ0v) is 15.0. The van der Waals surface area contributed by atoms with Crippen LogP contribution >= 0.6 is 12.4 Å². The van der Waals surface area contributed by atoms with E-state index >= 15 is 0 Å². The van der Waals surface area contributed by atoms with E-state index < -0.39 is 6.04 Å². The van der Waals surface area contributed by atoms with Crippen molar-refractivity contribution in [1.82, 2.24) is 4.90 Å². The fourth-order valence-corrected chi connectivity index (χ4v) is 2.50. The maximum atomic E-state index is 12.5. The quantitative estimate of drug-likeness (QED) is 0.836. The number of carbonyl (C=O) groups excluding carboxylic acids is 1. The number of hydrogen-bond acceptors (Lipinski definition) is 3. The van der Waals surface area contributed by atoms with E-state index in [-0.39, 0.29) is 18.3 Å². The van der Waals surface area contributed by atoms with Crippen molar-refractivity contribution in [3.05, 3.63) is 65.7 Å². The number of amides is 1. The number of carbonyl (C=O) groups is 1. The first-order chi connectivity index (χ1) is 11.1. The Hall–Kier alpha value is -2.04. The second-order valence-electron chi connectivity index (χ2n) is 5.53. The number of para-hydroxylation sites is 1. The van der Waals surface area contributed by atoms with Gasteiger partial charge in [-0.25, -0.2) is 0 Å². The summed E-state index contributed by atoms with van der Waals surface area (Å²) in [5, 5.41) is 0. The number of nitrogens with two attached hydrogens (primary N) is 1. The Labute approximate surface area is 150 Å². The van der Waals surface area contributed by atoms with Gasteiger partial charge >= 0.3 is 0 Å². The molecular formula is C19H25ClN2O2. The lowest BCUT2D eigenvalue weighted by atomic mass is 10.1. The number of halogens is 1. The second kappa shape index (κ2) is 9.96. The highest BCUT2D eigenvalue weighted by molar-refractivity contribution is 5.85. The van der Waals surface area contributed by atoms with Gasteiger partial charge in [-0.3, -0.25) is 4.79 Å². The Bertz CT molecular complexity index is 634. The maximum Gasteiger partial charge on any atom is 0.239 e. The molecule has 2 N–H and O–H groups in total. The van der Waals surface area contributed by atoms with Gasteiger partial charge < -0.3 is 15.4 Å². The van der Waals surface area contributed by atoms with Crippen molar-refractivity contribution in [2.24, 2.45) is 5.73 Å². The first kappa shape index (κ1) is 20.0. The number of rotatable bonds is 7. The molecule has 1 atom stereocenters. The summed E-state index contributed by atoms with van der Waals surface area (Å²) in [5.41, 5.74) is 8.13. The third-order valence-corrected chi connectivity index (χ3v) is 3.67. The molecule has 24 heavy (non-hydrogen) atoms. The Balaban J connectivity index is 0.00000288. The predicted octanol–water partition coefficient (Wildman–Crippen LogP) is 3.04. The minimum absolute atomic E-state index is 0. The van der Waals surface area contributed by atoms with E-state index in [0.29, 0.717) is 19.6 Å². The Kier molecular flexibility index (Phi) is 8.30. The van der Waals surface area contributed by atoms with Crippen LogP contribution in [0.5, 0.6) is 5.75 Å². The average Bonchev–Trinajstić information content (AvgIpc) is 2.57. The molecule has 130 valence electrons. The average molecular weight is 349 g/mol. The molecule has 0 spiro atoms. The first-order valence-corrected chi connectivity index (χ1v) is 7.87. The molecule has 0 unspecified atom stereocenters. The predicted molar refractivity (Wildman–Crippen MR) is 99.5 cm³/mol. The van der Waals surface area contributed by atoms with E-state index in [4.69, 9.17) is 10.5 Å². The fourth-order valence-electron chi connectivity index (χ4n) is 2.50. The van der Waals surface area contributed by atoms with Gasteiger partial charge in [-0.1, -0.05) is 48.5 Å². The highest BCUT2D eigenvalue weighted by Crippen LogP contribution is 2.19. The lowest BCUT2D eigenvalue weighted by Gasteiger charge is -2.22. The molecule has 0 bridgehead atoms. The summed E-state index contributed by atoms with van der Waals surface area (Å²) in [4.78, 5) is 14.1. The number of ether oxygens (including phenoxy) is 1. The van der Waals surface area contributed by atoms with Crippen LogP contribution < -0.4 is 10.5 Å². The molecule has 1 amide bonds. The van der Waals surface area contributed by atoms with E-state index in [1.165, 1.54) is 0 Å². The lowest BCUT2D eigenvalue weighted by molar-refractivity contribution is -0.131. The summed E-state index contributed by atoms with van der Waals surface area (Å²) < 4.78 is 5.60. The molecule has 0 saturated heterocycles. The van der Waals surface area contributed by atoms with Crippen molar-refractivity contribution < 1.29 is 9.53 Å². The first-order valence-electron chi connectivity index (χ1n) is 7.87. The molecular weight excluding hydrogens is 324 g/mol. The van der Waals surface area contributed by atoms with Gasteiger partial charge in [-0.15, -0.1) is 12.4 Å². The van der Waals surface area contributed by atoms with Gasteiger partial charge in [0.15, 0.2) is 0 Å². The van der Waals surface area contributed by atoms with Crippen LogP contribution in [0.4, 0.5) is 0 Å². The van der Waals surface area contributed by atoms with Crippen LogP contribution in [-0.2, 0) is 17.8 Å². The summed E-state index contributed by atoms with van der Waals surface area (Å²) in [6.45, 7) is 3.03. The van der Waals surface area contributed by atoms with Gasteiger partial charge in [0.05, 0.1) is 12.6 Å². The minimum Gasteiger partial charge on any atom is -0.494 e. The number of likely N-dealkylation sites (N-methyl/N-ethyl adjacent to an activating group) is 1. The van der Waals surface area contributed by atoms with Crippen LogP contribution in [0.2, 0.25) is 0 Å². The topological polar surface area (TPSA) is 55.6 Å². The van der Waals surface area contributed by atoms with Crippen LogP contribution in [0, 0.1) is 0 Å². The smallest absolute Gasteiger partial charge is 0.239 e. The van der Waals surface area contributed by atoms with E-state index in [2.05, 4.69) is 0 Å². The second-order valence-corrected chi connectivity index (χ2v) is 5.53. The number of hydrogen-bond donors (Lipinski definition) is 1. The molecule has 0 fully saturated rings. The normalized spacial score (nSPS) is 11.3. The molecule has 0 aliphatic rings. The van der Waals surface area contributed by atoms with Gasteiger partial charge in [-0.2, -0.15) is 0 Å². The molecule has 0 saturated carbocycles. The summed E-state index contributed by atoms with van der Waals surface area (Å²) in [6, 6.07) is 17.0. The molecule has 5 heteroatoms. The summed E-state index contributed by atoms with van der Waals surface area (Å²) in [6.07, 6.45) is 0.539. The van der Waals surface area contributed by atoms with Gasteiger partial charge in [0.2, 0.25) is 5.91 Å². The van der Waals surface area contributed by atoms with Crippen molar-refractivity contribution in [3.8, 4) is 5.75 Å². The fraction of sp³-hybridized carbons (Fsp3) is 0.316. The molecule has 0 aliphatic heterocycles. The Morgan fingerprint density at radius 3 is 2.42 bits per heavy atom. The lowest BCUT2D eigenvalue weighted by Crippen LogP contribution is -2.42. The maximum absolute atomic E-state index is 12.5. The highest BCUT2D eigenvalue weighted by Gasteiger charge is 2.19. The van der Waals surface area contributed by atoms with E-state index in [0.717, 1.165) is 16.9 Å². The van der Waals surface area contributed by atoms with Crippen LogP contribution in [0.1, 0.15) is 18.1 Å². The third kappa shape index (κ3) is 5.55. The monoisotopic (exact) mass is 348 g/mol. The largest absolute Gasteiger partial charge is 0.494 e. The molecule has 4 nitrogen and oxygen atoms in total. The van der Waals surface area contributed by atoms with Crippen molar-refractivity contribution in [2.45, 2.75) is 25.9 Å². The van der Waals surface area contributed by atoms with E-state index in [1.54, 1.807) is 11.9 Å². The van der Waals surface area contributed by atoms with Crippen molar-refractivity contribution in [3.63, 3.8) is 0 Å². The minimum atomic E-state index is -0.540. The SMILES string of the molecule is CCOc1ccccc1CN(C)C(=O)[C@@H](N)Cc1ccccc1.Cl. The van der Waals surface area contributed by atoms with E-state index in [1.807, 2.05) is 61.5 Å². The molecule has 2 aromatic carbocycles. The van der Waals surface area contributed by atoms with Crippen molar-refractivity contribution in [2.75, 3.05) is 13.7 Å². The van der Waals surface area contributed by atoms with Crippen molar-refractivity contribution >= 4 is 18.3 Å². The molecule has 2 rings (SSSR count). The third-order valence-electron chi connectivity index (χ3n) is 3.67. The summed E-state index contributed by atoms with van der Waals surface area (Å²) in [5.74, 6) is 0.742. The molecule has 0 radical (unpaired) electrons. The zero-order chi connectivity index (χ0) is 16.7. The highest BCUT2D eigenvalue weighted by atomic mass is 35.5. The molecule has 0 aliphatic carbocycles. The number of benzene rings is 2. The van der Waals surface area contributed by atoms with Gasteiger partial charge in [0.1, 0.15) is 5.75 Å². The summed E-state index contributed by atoms with van der Waals surface area (Å²) in [7, 11) is 1.77. The Morgan fingerprint density at radius 2 is 1.75 bits per heavy atom. The zero-order valence-electron chi connectivity index (χ0n) is 14.1. The molecule has 2 aromatic rings. The standard InChI is InChI=1S/C19H24N2O2.ClH/c1-3-23-18-12-8-7-11-16(18)14-21(2)19(22)17(20)13-15-9-5-4-6-10-15;/h4-12,17H,3,13-14,20H2,1-2H3;1H/t17-;/m0./s1. The molecule has 0 aromatic heterocycles. The summed E-state index contributed by atoms with van der Waals surface area (Å²) >= 11 is 0. The number of nitrogens with zero attached hydrogens (tertiary/aromatic N) is 1. The Morgan fingerprint density at radius 1 is 1.12 bits per heavy atom. The van der Waals surface area contributed by atoms with Gasteiger partial charge in [-0.05, 0) is 25.0 Å². The van der Waals surface area contributed by atoms with Crippen LogP contribution in [-0.4, -0.2) is 30.5 Å². The van der Waals surface area contributed by atoms with Crippen LogP contribution in [0.15, 0.2) is 54.6 Å².